The summed E-state index contributed by atoms with van der Waals surface area (Å²) in [5.74, 6) is -2.01. The van der Waals surface area contributed by atoms with E-state index in [9.17, 15) is 14.4 Å². The first kappa shape index (κ1) is 14.2. The van der Waals surface area contributed by atoms with E-state index in [2.05, 4.69) is 10.3 Å². The summed E-state index contributed by atoms with van der Waals surface area (Å²) in [5.41, 5.74) is 5.62. The van der Waals surface area contributed by atoms with Gasteiger partial charge >= 0.3 is 5.97 Å². The lowest BCUT2D eigenvalue weighted by molar-refractivity contribution is 0.0696. The molecular weight excluding hydrogens is 274 g/mol. The molecular formula is C14H11N3O4. The fraction of sp³-hybridized carbons (Fsp3) is 0. The van der Waals surface area contributed by atoms with Crippen molar-refractivity contribution in [2.24, 2.45) is 5.73 Å². The molecule has 0 unspecified atom stereocenters. The molecule has 21 heavy (non-hydrogen) atoms. The molecule has 2 amide bonds. The molecule has 0 saturated carbocycles. The predicted molar refractivity (Wildman–Crippen MR) is 74.1 cm³/mol. The van der Waals surface area contributed by atoms with Gasteiger partial charge in [0.2, 0.25) is 5.91 Å². The number of nitrogens with zero attached hydrogens (tertiary/aromatic N) is 1. The molecule has 0 bridgehead atoms. The van der Waals surface area contributed by atoms with Gasteiger partial charge in [0.15, 0.2) is 0 Å². The van der Waals surface area contributed by atoms with E-state index in [0.717, 1.165) is 6.20 Å². The SMILES string of the molecule is NC(=O)c1cccc(C(=O)Nc2ccc(C(=O)O)cn2)c1. The number of nitrogens with one attached hydrogen (secondary N) is 1. The fourth-order valence-corrected chi connectivity index (χ4v) is 1.60. The Morgan fingerprint density at radius 2 is 1.76 bits per heavy atom. The number of primary amides is 1. The van der Waals surface area contributed by atoms with E-state index >= 15 is 0 Å². The van der Waals surface area contributed by atoms with Gasteiger partial charge in [0.25, 0.3) is 5.91 Å². The highest BCUT2D eigenvalue weighted by Crippen LogP contribution is 2.09. The molecule has 1 aromatic heterocycles. The number of hydrogen-bond acceptors (Lipinski definition) is 4. The second kappa shape index (κ2) is 5.83. The highest BCUT2D eigenvalue weighted by Gasteiger charge is 2.10. The van der Waals surface area contributed by atoms with Crippen LogP contribution in [0.2, 0.25) is 0 Å². The number of aromatic carboxylic acids is 1. The normalized spacial score (nSPS) is 9.90. The van der Waals surface area contributed by atoms with Crippen molar-refractivity contribution < 1.29 is 19.5 Å². The minimum absolute atomic E-state index is 0.0173. The van der Waals surface area contributed by atoms with Crippen LogP contribution in [0.4, 0.5) is 5.82 Å². The van der Waals surface area contributed by atoms with Gasteiger partial charge in [-0.3, -0.25) is 9.59 Å². The van der Waals surface area contributed by atoms with Crippen LogP contribution >= 0.6 is 0 Å². The van der Waals surface area contributed by atoms with Crippen LogP contribution in [0.3, 0.4) is 0 Å². The van der Waals surface area contributed by atoms with E-state index in [1.54, 1.807) is 0 Å². The number of nitrogens with two attached hydrogens (primary N) is 1. The van der Waals surface area contributed by atoms with E-state index in [1.165, 1.54) is 36.4 Å². The number of carboxylic acids is 1. The number of pyridine rings is 1. The number of aromatic nitrogens is 1. The smallest absolute Gasteiger partial charge is 0.337 e. The molecule has 0 aliphatic heterocycles. The standard InChI is InChI=1S/C14H11N3O4/c15-12(18)8-2-1-3-9(6-8)13(19)17-11-5-4-10(7-16-11)14(20)21/h1-7H,(H2,15,18)(H,20,21)(H,16,17,19). The summed E-state index contributed by atoms with van der Waals surface area (Å²) in [6, 6.07) is 8.62. The summed E-state index contributed by atoms with van der Waals surface area (Å²) in [5, 5.41) is 11.2. The Morgan fingerprint density at radius 3 is 2.33 bits per heavy atom. The molecule has 2 aromatic rings. The van der Waals surface area contributed by atoms with Crippen LogP contribution in [-0.4, -0.2) is 27.9 Å². The number of carbonyl (C=O) groups excluding carboxylic acids is 2. The van der Waals surface area contributed by atoms with Crippen LogP contribution in [0.15, 0.2) is 42.6 Å². The van der Waals surface area contributed by atoms with E-state index in [-0.39, 0.29) is 22.5 Å². The summed E-state index contributed by atoms with van der Waals surface area (Å²) in [7, 11) is 0. The summed E-state index contributed by atoms with van der Waals surface area (Å²) in [6.45, 7) is 0. The number of rotatable bonds is 4. The molecule has 0 atom stereocenters. The van der Waals surface area contributed by atoms with Crippen molar-refractivity contribution in [1.82, 2.24) is 4.98 Å². The molecule has 0 fully saturated rings. The van der Waals surface area contributed by atoms with Crippen LogP contribution in [0.5, 0.6) is 0 Å². The van der Waals surface area contributed by atoms with Crippen LogP contribution in [0.1, 0.15) is 31.1 Å². The average molecular weight is 285 g/mol. The zero-order valence-corrected chi connectivity index (χ0v) is 10.7. The van der Waals surface area contributed by atoms with Crippen molar-refractivity contribution >= 4 is 23.6 Å². The van der Waals surface area contributed by atoms with E-state index < -0.39 is 17.8 Å². The number of benzene rings is 1. The molecule has 0 aliphatic carbocycles. The molecule has 1 aromatic carbocycles. The summed E-state index contributed by atoms with van der Waals surface area (Å²) in [4.78, 5) is 37.6. The van der Waals surface area contributed by atoms with Crippen LogP contribution < -0.4 is 11.1 Å². The van der Waals surface area contributed by atoms with Crippen molar-refractivity contribution in [2.75, 3.05) is 5.32 Å². The molecule has 1 heterocycles. The first-order valence-electron chi connectivity index (χ1n) is 5.88. The van der Waals surface area contributed by atoms with Gasteiger partial charge in [-0.15, -0.1) is 0 Å². The predicted octanol–water partition coefficient (Wildman–Crippen LogP) is 1.13. The van der Waals surface area contributed by atoms with Gasteiger partial charge in [-0.1, -0.05) is 6.07 Å². The van der Waals surface area contributed by atoms with E-state index in [1.807, 2.05) is 0 Å². The highest BCUT2D eigenvalue weighted by atomic mass is 16.4. The second-order valence-electron chi connectivity index (χ2n) is 4.14. The Bertz CT molecular complexity index is 710. The zero-order valence-electron chi connectivity index (χ0n) is 10.7. The monoisotopic (exact) mass is 285 g/mol. The molecule has 0 aliphatic rings. The van der Waals surface area contributed by atoms with Crippen LogP contribution in [0, 0.1) is 0 Å². The van der Waals surface area contributed by atoms with Gasteiger partial charge in [-0.2, -0.15) is 0 Å². The highest BCUT2D eigenvalue weighted by molar-refractivity contribution is 6.05. The Morgan fingerprint density at radius 1 is 1.05 bits per heavy atom. The largest absolute Gasteiger partial charge is 0.478 e. The number of amides is 2. The Balaban J connectivity index is 2.16. The van der Waals surface area contributed by atoms with Gasteiger partial charge in [0, 0.05) is 17.3 Å². The lowest BCUT2D eigenvalue weighted by Gasteiger charge is -2.05. The summed E-state index contributed by atoms with van der Waals surface area (Å²) < 4.78 is 0. The lowest BCUT2D eigenvalue weighted by atomic mass is 10.1. The Hall–Kier alpha value is -3.22. The third-order valence-corrected chi connectivity index (χ3v) is 2.66. The van der Waals surface area contributed by atoms with Crippen molar-refractivity contribution in [2.45, 2.75) is 0 Å². The van der Waals surface area contributed by atoms with Crippen molar-refractivity contribution in [3.05, 3.63) is 59.3 Å². The third kappa shape index (κ3) is 3.41. The van der Waals surface area contributed by atoms with Gasteiger partial charge in [0.1, 0.15) is 5.82 Å². The second-order valence-corrected chi connectivity index (χ2v) is 4.14. The van der Waals surface area contributed by atoms with Crippen LogP contribution in [0.25, 0.3) is 0 Å². The Labute approximate surface area is 119 Å². The van der Waals surface area contributed by atoms with Crippen LogP contribution in [-0.2, 0) is 0 Å². The molecule has 0 spiro atoms. The minimum Gasteiger partial charge on any atom is -0.478 e. The van der Waals surface area contributed by atoms with Gasteiger partial charge in [-0.05, 0) is 30.3 Å². The topological polar surface area (TPSA) is 122 Å². The molecule has 7 nitrogen and oxygen atoms in total. The first-order chi connectivity index (χ1) is 9.97. The number of hydrogen-bond donors (Lipinski definition) is 3. The number of carbonyl (C=O) groups is 3. The Kier molecular flexibility index (Phi) is 3.94. The van der Waals surface area contributed by atoms with Gasteiger partial charge in [-0.25, -0.2) is 9.78 Å². The third-order valence-electron chi connectivity index (χ3n) is 2.66. The van der Waals surface area contributed by atoms with E-state index in [0.29, 0.717) is 0 Å². The quantitative estimate of drug-likeness (QED) is 0.777. The molecule has 7 heteroatoms. The number of carboxylic acid groups (broad SMARTS) is 1. The lowest BCUT2D eigenvalue weighted by Crippen LogP contribution is -2.16. The summed E-state index contributed by atoms with van der Waals surface area (Å²) in [6.07, 6.45) is 1.14. The van der Waals surface area contributed by atoms with Crippen molar-refractivity contribution in [3.8, 4) is 0 Å². The van der Waals surface area contributed by atoms with Gasteiger partial charge in [0.05, 0.1) is 5.56 Å². The maximum Gasteiger partial charge on any atom is 0.337 e. The maximum atomic E-state index is 12.0. The maximum absolute atomic E-state index is 12.0. The molecule has 2 rings (SSSR count). The molecule has 0 radical (unpaired) electrons. The molecule has 4 N–H and O–H groups in total. The number of anilines is 1. The van der Waals surface area contributed by atoms with Gasteiger partial charge < -0.3 is 16.2 Å². The fourth-order valence-electron chi connectivity index (χ4n) is 1.60. The van der Waals surface area contributed by atoms with E-state index in [4.69, 9.17) is 10.8 Å². The van der Waals surface area contributed by atoms with Crippen molar-refractivity contribution in [3.63, 3.8) is 0 Å². The first-order valence-corrected chi connectivity index (χ1v) is 5.88. The minimum atomic E-state index is -1.10. The average Bonchev–Trinajstić information content (AvgIpc) is 2.48. The summed E-state index contributed by atoms with van der Waals surface area (Å²) >= 11 is 0. The molecule has 0 saturated heterocycles. The van der Waals surface area contributed by atoms with Crippen molar-refractivity contribution in [1.29, 1.82) is 0 Å². The molecule has 106 valence electrons. The zero-order chi connectivity index (χ0) is 15.4.